The third kappa shape index (κ3) is 5.46. The molecule has 1 aromatic rings. The van der Waals surface area contributed by atoms with E-state index in [0.29, 0.717) is 18.5 Å². The second kappa shape index (κ2) is 9.23. The molecule has 2 aliphatic rings. The summed E-state index contributed by atoms with van der Waals surface area (Å²) >= 11 is 0. The van der Waals surface area contributed by atoms with Gasteiger partial charge in [0.1, 0.15) is 5.75 Å². The quantitative estimate of drug-likeness (QED) is 0.725. The van der Waals surface area contributed by atoms with Gasteiger partial charge in [-0.2, -0.15) is 0 Å². The fourth-order valence-electron chi connectivity index (χ4n) is 4.31. The van der Waals surface area contributed by atoms with E-state index in [1.165, 1.54) is 38.5 Å². The average molecular weight is 344 g/mol. The highest BCUT2D eigenvalue weighted by atomic mass is 16.3. The molecule has 4 nitrogen and oxygen atoms in total. The Morgan fingerprint density at radius 2 is 1.56 bits per heavy atom. The molecule has 2 aliphatic carbocycles. The maximum absolute atomic E-state index is 12.6. The van der Waals surface area contributed by atoms with E-state index in [1.54, 1.807) is 6.07 Å². The van der Waals surface area contributed by atoms with Gasteiger partial charge in [-0.05, 0) is 31.7 Å². The van der Waals surface area contributed by atoms with Crippen molar-refractivity contribution in [1.82, 2.24) is 10.6 Å². The summed E-state index contributed by atoms with van der Waals surface area (Å²) in [7, 11) is 0. The monoisotopic (exact) mass is 344 g/mol. The number of para-hydroxylation sites is 1. The zero-order chi connectivity index (χ0) is 17.5. The largest absolute Gasteiger partial charge is 0.508 e. The van der Waals surface area contributed by atoms with Gasteiger partial charge in [-0.15, -0.1) is 0 Å². The van der Waals surface area contributed by atoms with Crippen molar-refractivity contribution in [2.75, 3.05) is 0 Å². The Kier molecular flexibility index (Phi) is 6.74. The maximum Gasteiger partial charge on any atom is 0.222 e. The Labute approximate surface area is 151 Å². The first-order chi connectivity index (χ1) is 12.2. The van der Waals surface area contributed by atoms with Crippen LogP contribution in [0.15, 0.2) is 24.3 Å². The van der Waals surface area contributed by atoms with Crippen molar-refractivity contribution in [1.29, 1.82) is 0 Å². The predicted octanol–water partition coefficient (Wildman–Crippen LogP) is 4.19. The van der Waals surface area contributed by atoms with Gasteiger partial charge in [-0.3, -0.25) is 4.79 Å². The van der Waals surface area contributed by atoms with Crippen LogP contribution in [0.1, 0.15) is 82.2 Å². The third-order valence-corrected chi connectivity index (χ3v) is 5.71. The van der Waals surface area contributed by atoms with Crippen LogP contribution in [0.2, 0.25) is 0 Å². The number of carbonyl (C=O) groups is 1. The number of phenols is 1. The van der Waals surface area contributed by atoms with Crippen LogP contribution in [0.3, 0.4) is 0 Å². The van der Waals surface area contributed by atoms with Crippen LogP contribution in [0, 0.1) is 0 Å². The molecule has 1 amide bonds. The van der Waals surface area contributed by atoms with E-state index in [-0.39, 0.29) is 17.7 Å². The molecule has 3 rings (SSSR count). The smallest absolute Gasteiger partial charge is 0.222 e. The summed E-state index contributed by atoms with van der Waals surface area (Å²) in [6.07, 6.45) is 12.4. The van der Waals surface area contributed by atoms with E-state index in [9.17, 15) is 9.90 Å². The van der Waals surface area contributed by atoms with Gasteiger partial charge in [0.2, 0.25) is 5.91 Å². The number of carbonyl (C=O) groups excluding carboxylic acids is 1. The van der Waals surface area contributed by atoms with Gasteiger partial charge in [-0.1, -0.05) is 56.7 Å². The van der Waals surface area contributed by atoms with Gasteiger partial charge in [0.25, 0.3) is 0 Å². The first-order valence-electron chi connectivity index (χ1n) is 10.1. The summed E-state index contributed by atoms with van der Waals surface area (Å²) in [6, 6.07) is 8.07. The molecule has 0 aromatic heterocycles. The molecule has 25 heavy (non-hydrogen) atoms. The molecule has 0 heterocycles. The van der Waals surface area contributed by atoms with E-state index in [1.807, 2.05) is 18.2 Å². The van der Waals surface area contributed by atoms with E-state index in [2.05, 4.69) is 10.6 Å². The van der Waals surface area contributed by atoms with Crippen molar-refractivity contribution in [3.8, 4) is 5.75 Å². The topological polar surface area (TPSA) is 61.4 Å². The molecule has 4 heteroatoms. The van der Waals surface area contributed by atoms with Gasteiger partial charge < -0.3 is 15.7 Å². The Hall–Kier alpha value is -1.55. The Morgan fingerprint density at radius 1 is 0.960 bits per heavy atom. The Morgan fingerprint density at radius 3 is 2.20 bits per heavy atom. The van der Waals surface area contributed by atoms with Crippen molar-refractivity contribution < 1.29 is 9.90 Å². The number of hydrogen-bond acceptors (Lipinski definition) is 3. The molecule has 1 aromatic carbocycles. The lowest BCUT2D eigenvalue weighted by molar-refractivity contribution is -0.122. The number of rotatable bonds is 6. The Bertz CT molecular complexity index is 549. The second-order valence-electron chi connectivity index (χ2n) is 7.72. The van der Waals surface area contributed by atoms with Crippen LogP contribution < -0.4 is 10.6 Å². The Balaban J connectivity index is 1.64. The fraction of sp³-hybridized carbons (Fsp3) is 0.667. The molecular weight excluding hydrogens is 312 g/mol. The van der Waals surface area contributed by atoms with Crippen molar-refractivity contribution in [2.45, 2.75) is 88.8 Å². The van der Waals surface area contributed by atoms with E-state index in [0.717, 1.165) is 31.2 Å². The van der Waals surface area contributed by atoms with Crippen LogP contribution in [-0.2, 0) is 4.79 Å². The molecule has 3 N–H and O–H groups in total. The van der Waals surface area contributed by atoms with Gasteiger partial charge in [-0.25, -0.2) is 0 Å². The molecule has 2 fully saturated rings. The minimum absolute atomic E-state index is 0.100. The molecule has 2 saturated carbocycles. The number of phenolic OH excluding ortho intramolecular Hbond substituents is 1. The molecule has 1 unspecified atom stereocenters. The van der Waals surface area contributed by atoms with Gasteiger partial charge in [0.15, 0.2) is 0 Å². The normalized spacial score (nSPS) is 21.0. The van der Waals surface area contributed by atoms with Crippen molar-refractivity contribution in [3.05, 3.63) is 29.8 Å². The van der Waals surface area contributed by atoms with Crippen LogP contribution in [0.4, 0.5) is 0 Å². The molecule has 0 saturated heterocycles. The van der Waals surface area contributed by atoms with E-state index in [4.69, 9.17) is 0 Å². The molecule has 0 aliphatic heterocycles. The summed E-state index contributed by atoms with van der Waals surface area (Å²) in [5.74, 6) is 0.379. The molecule has 0 spiro atoms. The number of amides is 1. The number of benzene rings is 1. The minimum atomic E-state index is -0.118. The lowest BCUT2D eigenvalue weighted by atomic mass is 9.92. The highest BCUT2D eigenvalue weighted by Crippen LogP contribution is 2.29. The highest BCUT2D eigenvalue weighted by Gasteiger charge is 2.24. The highest BCUT2D eigenvalue weighted by molar-refractivity contribution is 5.77. The van der Waals surface area contributed by atoms with Gasteiger partial charge in [0.05, 0.1) is 0 Å². The molecule has 0 radical (unpaired) electrons. The fourth-order valence-corrected chi connectivity index (χ4v) is 4.31. The zero-order valence-corrected chi connectivity index (χ0v) is 15.2. The summed E-state index contributed by atoms with van der Waals surface area (Å²) in [4.78, 5) is 12.6. The molecule has 1 atom stereocenters. The minimum Gasteiger partial charge on any atom is -0.508 e. The molecule has 138 valence electrons. The van der Waals surface area contributed by atoms with Crippen LogP contribution in [0.5, 0.6) is 5.75 Å². The van der Waals surface area contributed by atoms with Crippen molar-refractivity contribution >= 4 is 5.91 Å². The second-order valence-corrected chi connectivity index (χ2v) is 7.72. The van der Waals surface area contributed by atoms with E-state index >= 15 is 0 Å². The molecular formula is C21H32N2O2. The third-order valence-electron chi connectivity index (χ3n) is 5.71. The lowest BCUT2D eigenvalue weighted by Gasteiger charge is -2.30. The van der Waals surface area contributed by atoms with E-state index < -0.39 is 0 Å². The standard InChI is InChI=1S/C21H32N2O2/c24-20-14-8-7-13-18(20)19(22-16-9-3-1-4-10-16)15-21(25)23-17-11-5-2-6-12-17/h7-8,13-14,16-17,19,22,24H,1-6,9-12,15H2,(H,23,25). The van der Waals surface area contributed by atoms with Crippen LogP contribution in [-0.4, -0.2) is 23.1 Å². The predicted molar refractivity (Wildman–Crippen MR) is 100 cm³/mol. The number of hydrogen-bond donors (Lipinski definition) is 3. The SMILES string of the molecule is O=C(CC(NC1CCCCC1)c1ccccc1O)NC1CCCCC1. The number of aromatic hydroxyl groups is 1. The number of nitrogens with one attached hydrogen (secondary N) is 2. The van der Waals surface area contributed by atoms with Crippen LogP contribution >= 0.6 is 0 Å². The average Bonchev–Trinajstić information content (AvgIpc) is 2.63. The zero-order valence-electron chi connectivity index (χ0n) is 15.2. The van der Waals surface area contributed by atoms with Gasteiger partial charge >= 0.3 is 0 Å². The van der Waals surface area contributed by atoms with Crippen molar-refractivity contribution in [3.63, 3.8) is 0 Å². The van der Waals surface area contributed by atoms with Gasteiger partial charge in [0, 0.05) is 30.1 Å². The first kappa shape index (κ1) is 18.2. The summed E-state index contributed by atoms with van der Waals surface area (Å²) in [5, 5.41) is 17.1. The lowest BCUT2D eigenvalue weighted by Crippen LogP contribution is -2.40. The first-order valence-corrected chi connectivity index (χ1v) is 10.1. The summed E-state index contributed by atoms with van der Waals surface area (Å²) in [5.41, 5.74) is 0.840. The summed E-state index contributed by atoms with van der Waals surface area (Å²) in [6.45, 7) is 0. The van der Waals surface area contributed by atoms with Crippen LogP contribution in [0.25, 0.3) is 0 Å². The summed E-state index contributed by atoms with van der Waals surface area (Å²) < 4.78 is 0. The maximum atomic E-state index is 12.6. The molecule has 0 bridgehead atoms. The van der Waals surface area contributed by atoms with Crippen molar-refractivity contribution in [2.24, 2.45) is 0 Å².